The van der Waals surface area contributed by atoms with Crippen molar-refractivity contribution >= 4 is 29.3 Å². The number of aromatic nitrogens is 1. The fourth-order valence-electron chi connectivity index (χ4n) is 2.02. The molecule has 0 saturated carbocycles. The van der Waals surface area contributed by atoms with E-state index in [0.717, 1.165) is 5.69 Å². The number of hydrogen-bond acceptors (Lipinski definition) is 6. The number of halogens is 1. The van der Waals surface area contributed by atoms with Crippen LogP contribution < -0.4 is 21.1 Å². The molecule has 10 heteroatoms. The van der Waals surface area contributed by atoms with Crippen molar-refractivity contribution in [3.63, 3.8) is 0 Å². The monoisotopic (exact) mass is 465 g/mol. The second-order valence-corrected chi connectivity index (χ2v) is 6.75. The van der Waals surface area contributed by atoms with Gasteiger partial charge in [0.25, 0.3) is 5.91 Å². The van der Waals surface area contributed by atoms with Crippen molar-refractivity contribution in [3.8, 4) is 5.75 Å². The van der Waals surface area contributed by atoms with Crippen molar-refractivity contribution in [2.45, 2.75) is 40.7 Å². The lowest BCUT2D eigenvalue weighted by atomic mass is 10.2. The number of amidine groups is 1. The Kier molecular flexibility index (Phi) is 13.9. The van der Waals surface area contributed by atoms with Crippen molar-refractivity contribution in [1.29, 1.82) is 0 Å². The highest BCUT2D eigenvalue weighted by Gasteiger charge is 2.11. The average molecular weight is 466 g/mol. The molecule has 1 heterocycles. The second kappa shape index (κ2) is 15.5. The molecule has 2 aromatic rings. The number of nitrogens with zero attached hydrogens (tertiary/aromatic N) is 2. The first-order valence-corrected chi connectivity index (χ1v) is 10.4. The summed E-state index contributed by atoms with van der Waals surface area (Å²) >= 11 is 6.02. The molecule has 176 valence electrons. The van der Waals surface area contributed by atoms with Gasteiger partial charge in [0.15, 0.2) is 5.84 Å². The van der Waals surface area contributed by atoms with Crippen LogP contribution in [0.2, 0.25) is 5.02 Å². The summed E-state index contributed by atoms with van der Waals surface area (Å²) in [7, 11) is 1.50. The Labute approximate surface area is 194 Å². The fraction of sp³-hybridized carbons (Fsp3) is 0.364. The molecular formula is C22H32ClN5O4. The van der Waals surface area contributed by atoms with Crippen LogP contribution in [0.5, 0.6) is 5.75 Å². The summed E-state index contributed by atoms with van der Waals surface area (Å²) in [6.45, 7) is 9.58. The molecule has 32 heavy (non-hydrogen) atoms. The Balaban J connectivity index is 0.000000626. The zero-order valence-electron chi connectivity index (χ0n) is 19.3. The average Bonchev–Trinajstić information content (AvgIpc) is 2.80. The predicted octanol–water partition coefficient (Wildman–Crippen LogP) is 3.11. The normalized spacial score (nSPS) is 10.2. The van der Waals surface area contributed by atoms with Crippen molar-refractivity contribution in [2.24, 2.45) is 10.9 Å². The van der Waals surface area contributed by atoms with Gasteiger partial charge in [-0.25, -0.2) is 0 Å². The number of benzene rings is 1. The van der Waals surface area contributed by atoms with Crippen LogP contribution >= 0.6 is 11.6 Å². The van der Waals surface area contributed by atoms with Gasteiger partial charge in [-0.15, -0.1) is 0 Å². The summed E-state index contributed by atoms with van der Waals surface area (Å²) in [6, 6.07) is 8.29. The van der Waals surface area contributed by atoms with Gasteiger partial charge in [0.05, 0.1) is 17.7 Å². The van der Waals surface area contributed by atoms with Crippen molar-refractivity contribution in [2.75, 3.05) is 13.6 Å². The zero-order chi connectivity index (χ0) is 24.7. The molecule has 0 saturated heterocycles. The number of carbonyl (C=O) groups excluding carboxylic acids is 2. The van der Waals surface area contributed by atoms with Gasteiger partial charge in [-0.05, 0) is 51.1 Å². The highest BCUT2D eigenvalue weighted by Crippen LogP contribution is 2.26. The van der Waals surface area contributed by atoms with Gasteiger partial charge in [0.1, 0.15) is 5.75 Å². The molecular weight excluding hydrogens is 434 g/mol. The second-order valence-electron chi connectivity index (χ2n) is 6.34. The van der Waals surface area contributed by atoms with E-state index in [1.165, 1.54) is 13.1 Å². The zero-order valence-corrected chi connectivity index (χ0v) is 20.0. The maximum atomic E-state index is 11.8. The van der Waals surface area contributed by atoms with E-state index in [2.05, 4.69) is 20.8 Å². The molecule has 1 aromatic heterocycles. The van der Waals surface area contributed by atoms with Crippen LogP contribution in [0.3, 0.4) is 0 Å². The van der Waals surface area contributed by atoms with Crippen LogP contribution in [-0.2, 0) is 4.79 Å². The maximum Gasteiger partial charge on any atom is 0.251 e. The van der Waals surface area contributed by atoms with Gasteiger partial charge in [0.2, 0.25) is 5.91 Å². The Morgan fingerprint density at radius 3 is 2.31 bits per heavy atom. The molecule has 5 N–H and O–H groups in total. The lowest BCUT2D eigenvalue weighted by molar-refractivity contribution is -0.119. The molecule has 0 aliphatic rings. The molecule has 0 fully saturated rings. The number of carbonyl (C=O) groups is 2. The lowest BCUT2D eigenvalue weighted by Gasteiger charge is -2.12. The highest BCUT2D eigenvalue weighted by atomic mass is 35.5. The summed E-state index contributed by atoms with van der Waals surface area (Å²) in [5.74, 6) is -0.0159. The number of oxime groups is 1. The third-order valence-electron chi connectivity index (χ3n) is 3.56. The quantitative estimate of drug-likeness (QED) is 0.224. The minimum atomic E-state index is -0.360. The molecule has 0 atom stereocenters. The van der Waals surface area contributed by atoms with Crippen LogP contribution in [0.25, 0.3) is 0 Å². The number of likely N-dealkylation sites (N-methyl/N-ethyl adjacent to an activating group) is 1. The van der Waals surface area contributed by atoms with E-state index in [4.69, 9.17) is 27.3 Å². The van der Waals surface area contributed by atoms with Gasteiger partial charge < -0.3 is 26.3 Å². The Bertz CT molecular complexity index is 886. The molecule has 0 aliphatic carbocycles. The molecule has 1 aromatic carbocycles. The topological polar surface area (TPSA) is 139 Å². The lowest BCUT2D eigenvalue weighted by Crippen LogP contribution is -2.35. The Morgan fingerprint density at radius 1 is 1.22 bits per heavy atom. The number of nitrogens with two attached hydrogens (primary N) is 1. The van der Waals surface area contributed by atoms with Crippen LogP contribution in [-0.4, -0.2) is 47.5 Å². The maximum absolute atomic E-state index is 11.8. The number of aryl methyl sites for hydroxylation is 1. The first-order chi connectivity index (χ1) is 15.2. The molecule has 2 amide bonds. The van der Waals surface area contributed by atoms with Crippen molar-refractivity contribution in [3.05, 3.63) is 58.4 Å². The van der Waals surface area contributed by atoms with Gasteiger partial charge in [-0.1, -0.05) is 30.6 Å². The predicted molar refractivity (Wildman–Crippen MR) is 126 cm³/mol. The van der Waals surface area contributed by atoms with Crippen LogP contribution in [0.1, 0.15) is 49.3 Å². The molecule has 0 bridgehead atoms. The van der Waals surface area contributed by atoms with E-state index < -0.39 is 0 Å². The van der Waals surface area contributed by atoms with Crippen LogP contribution in [0, 0.1) is 6.92 Å². The SMILES string of the molecule is CC.CNC(=O)CNC(=O)c1ccc(OC(C)C)c(Cl)c1.Cc1ccc(/C(N)=N/O)cn1. The number of pyridine rings is 1. The van der Waals surface area contributed by atoms with Crippen LogP contribution in [0.15, 0.2) is 41.7 Å². The van der Waals surface area contributed by atoms with E-state index in [1.54, 1.807) is 30.5 Å². The third-order valence-corrected chi connectivity index (χ3v) is 3.86. The standard InChI is InChI=1S/C13H17ClN2O3.C7H9N3O.C2H6/c1-8(2)19-11-5-4-9(6-10(11)14)13(18)16-7-12(17)15-3;1-5-2-3-6(4-9-5)7(8)10-11;1-2/h4-6,8H,7H2,1-3H3,(H,15,17)(H,16,18);2-4,11H,1H3,(H2,8,10);1-2H3. The molecule has 0 unspecified atom stereocenters. The van der Waals surface area contributed by atoms with E-state index in [9.17, 15) is 9.59 Å². The molecule has 0 aliphatic heterocycles. The summed E-state index contributed by atoms with van der Waals surface area (Å²) in [5.41, 5.74) is 7.21. The van der Waals surface area contributed by atoms with Gasteiger partial charge in [-0.3, -0.25) is 14.6 Å². The summed E-state index contributed by atoms with van der Waals surface area (Å²) in [6.07, 6.45) is 1.56. The van der Waals surface area contributed by atoms with Crippen LogP contribution in [0.4, 0.5) is 0 Å². The summed E-state index contributed by atoms with van der Waals surface area (Å²) < 4.78 is 5.47. The number of amides is 2. The first-order valence-electron chi connectivity index (χ1n) is 10.0. The Morgan fingerprint density at radius 2 is 1.84 bits per heavy atom. The highest BCUT2D eigenvalue weighted by molar-refractivity contribution is 6.32. The molecule has 0 radical (unpaired) electrons. The molecule has 2 rings (SSSR count). The smallest absolute Gasteiger partial charge is 0.251 e. The largest absolute Gasteiger partial charge is 0.489 e. The van der Waals surface area contributed by atoms with Crippen molar-refractivity contribution < 1.29 is 19.5 Å². The minimum Gasteiger partial charge on any atom is -0.489 e. The van der Waals surface area contributed by atoms with E-state index >= 15 is 0 Å². The van der Waals surface area contributed by atoms with Gasteiger partial charge in [0, 0.05) is 30.1 Å². The molecule has 9 nitrogen and oxygen atoms in total. The summed E-state index contributed by atoms with van der Waals surface area (Å²) in [5, 5.41) is 16.4. The number of rotatable bonds is 6. The Hall–Kier alpha value is -3.33. The summed E-state index contributed by atoms with van der Waals surface area (Å²) in [4.78, 5) is 26.8. The fourth-order valence-corrected chi connectivity index (χ4v) is 2.24. The van der Waals surface area contributed by atoms with E-state index in [0.29, 0.717) is 21.9 Å². The third kappa shape index (κ3) is 10.6. The molecule has 0 spiro atoms. The first kappa shape index (κ1) is 28.7. The number of nitrogens with one attached hydrogen (secondary N) is 2. The van der Waals surface area contributed by atoms with Gasteiger partial charge in [-0.2, -0.15) is 0 Å². The minimum absolute atomic E-state index is 0.00502. The van der Waals surface area contributed by atoms with E-state index in [-0.39, 0.29) is 30.3 Å². The van der Waals surface area contributed by atoms with E-state index in [1.807, 2.05) is 34.6 Å². The number of ether oxygens (including phenoxy) is 1. The van der Waals surface area contributed by atoms with Gasteiger partial charge >= 0.3 is 0 Å². The number of hydrogen-bond donors (Lipinski definition) is 4. The van der Waals surface area contributed by atoms with Crippen molar-refractivity contribution in [1.82, 2.24) is 15.6 Å².